The summed E-state index contributed by atoms with van der Waals surface area (Å²) in [6.45, 7) is 10.9. The van der Waals surface area contributed by atoms with Crippen molar-refractivity contribution in [3.05, 3.63) is 0 Å². The fourth-order valence-corrected chi connectivity index (χ4v) is 3.72. The van der Waals surface area contributed by atoms with E-state index in [4.69, 9.17) is 0 Å². The zero-order valence-corrected chi connectivity index (χ0v) is 12.6. The quantitative estimate of drug-likeness (QED) is 0.829. The van der Waals surface area contributed by atoms with Gasteiger partial charge in [0.25, 0.3) is 0 Å². The summed E-state index contributed by atoms with van der Waals surface area (Å²) in [6.07, 6.45) is 8.56. The number of hydrogen-bond donors (Lipinski definition) is 1. The summed E-state index contributed by atoms with van der Waals surface area (Å²) in [6, 6.07) is 1.58. The smallest absolute Gasteiger partial charge is 0.0218 e. The zero-order chi connectivity index (χ0) is 13.0. The van der Waals surface area contributed by atoms with Crippen molar-refractivity contribution >= 4 is 0 Å². The molecule has 1 aliphatic heterocycles. The number of nitrogens with one attached hydrogen (secondary N) is 1. The van der Waals surface area contributed by atoms with Gasteiger partial charge in [-0.2, -0.15) is 0 Å². The van der Waals surface area contributed by atoms with Gasteiger partial charge < -0.3 is 5.32 Å². The van der Waals surface area contributed by atoms with E-state index in [2.05, 4.69) is 31.0 Å². The molecular weight excluding hydrogens is 220 g/mol. The summed E-state index contributed by atoms with van der Waals surface area (Å²) >= 11 is 0. The van der Waals surface area contributed by atoms with Crippen molar-refractivity contribution in [2.24, 2.45) is 11.8 Å². The summed E-state index contributed by atoms with van der Waals surface area (Å²) < 4.78 is 0. The van der Waals surface area contributed by atoms with Crippen LogP contribution in [0.1, 0.15) is 59.3 Å². The lowest BCUT2D eigenvalue weighted by Gasteiger charge is -2.38. The van der Waals surface area contributed by atoms with E-state index in [0.717, 1.165) is 17.9 Å². The van der Waals surface area contributed by atoms with Crippen molar-refractivity contribution in [3.8, 4) is 0 Å². The Kier molecular flexibility index (Phi) is 5.50. The molecule has 2 fully saturated rings. The molecule has 1 aliphatic carbocycles. The topological polar surface area (TPSA) is 15.3 Å². The second-order valence-corrected chi connectivity index (χ2v) is 6.75. The van der Waals surface area contributed by atoms with Crippen LogP contribution in [-0.4, -0.2) is 36.6 Å². The minimum atomic E-state index is 0.703. The summed E-state index contributed by atoms with van der Waals surface area (Å²) in [5.74, 6) is 1.76. The molecule has 1 saturated carbocycles. The predicted octanol–water partition coefficient (Wildman–Crippen LogP) is 3.28. The third-order valence-corrected chi connectivity index (χ3v) is 5.11. The molecule has 2 aliphatic rings. The number of hydrogen-bond acceptors (Lipinski definition) is 2. The Balaban J connectivity index is 1.93. The Labute approximate surface area is 114 Å². The van der Waals surface area contributed by atoms with Crippen LogP contribution in [0.4, 0.5) is 0 Å². The minimum Gasteiger partial charge on any atom is -0.312 e. The third kappa shape index (κ3) is 3.71. The molecular formula is C16H32N2. The third-order valence-electron chi connectivity index (χ3n) is 5.11. The van der Waals surface area contributed by atoms with Gasteiger partial charge in [0.2, 0.25) is 0 Å². The Bertz CT molecular complexity index is 239. The van der Waals surface area contributed by atoms with Crippen molar-refractivity contribution < 1.29 is 0 Å². The molecule has 3 atom stereocenters. The molecule has 0 radical (unpaired) electrons. The lowest BCUT2D eigenvalue weighted by Crippen LogP contribution is -2.46. The summed E-state index contributed by atoms with van der Waals surface area (Å²) in [5.41, 5.74) is 0. The maximum absolute atomic E-state index is 3.73. The Morgan fingerprint density at radius 2 is 2.06 bits per heavy atom. The Morgan fingerprint density at radius 1 is 1.22 bits per heavy atom. The van der Waals surface area contributed by atoms with Gasteiger partial charge in [0.05, 0.1) is 0 Å². The lowest BCUT2D eigenvalue weighted by molar-refractivity contribution is 0.120. The number of nitrogens with zero attached hydrogens (tertiary/aromatic N) is 1. The van der Waals surface area contributed by atoms with E-state index in [1.54, 1.807) is 0 Å². The second-order valence-electron chi connectivity index (χ2n) is 6.75. The van der Waals surface area contributed by atoms with Crippen LogP contribution in [0.15, 0.2) is 0 Å². The molecule has 18 heavy (non-hydrogen) atoms. The maximum atomic E-state index is 3.73. The Morgan fingerprint density at radius 3 is 2.78 bits per heavy atom. The molecule has 2 heteroatoms. The van der Waals surface area contributed by atoms with Crippen molar-refractivity contribution in [2.75, 3.05) is 19.6 Å². The molecule has 0 aromatic carbocycles. The monoisotopic (exact) mass is 252 g/mol. The lowest BCUT2D eigenvalue weighted by atomic mass is 9.83. The van der Waals surface area contributed by atoms with Crippen molar-refractivity contribution in [1.82, 2.24) is 10.2 Å². The van der Waals surface area contributed by atoms with E-state index in [1.165, 1.54) is 58.2 Å². The average Bonchev–Trinajstić information content (AvgIpc) is 2.64. The van der Waals surface area contributed by atoms with Gasteiger partial charge in [-0.1, -0.05) is 40.0 Å². The van der Waals surface area contributed by atoms with Crippen LogP contribution in [-0.2, 0) is 0 Å². The average molecular weight is 252 g/mol. The molecule has 2 rings (SSSR count). The first-order valence-electron chi connectivity index (χ1n) is 8.18. The van der Waals surface area contributed by atoms with Crippen molar-refractivity contribution in [1.29, 1.82) is 0 Å². The van der Waals surface area contributed by atoms with Crippen LogP contribution in [0, 0.1) is 11.8 Å². The summed E-state index contributed by atoms with van der Waals surface area (Å²) in [4.78, 5) is 2.81. The first-order chi connectivity index (χ1) is 8.70. The van der Waals surface area contributed by atoms with Crippen molar-refractivity contribution in [2.45, 2.75) is 71.4 Å². The predicted molar refractivity (Wildman–Crippen MR) is 78.9 cm³/mol. The molecule has 1 saturated heterocycles. The van der Waals surface area contributed by atoms with Crippen LogP contribution in [0.2, 0.25) is 0 Å². The van der Waals surface area contributed by atoms with Crippen LogP contribution in [0.25, 0.3) is 0 Å². The van der Waals surface area contributed by atoms with Gasteiger partial charge in [0, 0.05) is 18.6 Å². The van der Waals surface area contributed by atoms with Crippen LogP contribution in [0.3, 0.4) is 0 Å². The van der Waals surface area contributed by atoms with Crippen molar-refractivity contribution in [3.63, 3.8) is 0 Å². The molecule has 1 heterocycles. The number of rotatable bonds is 3. The zero-order valence-electron chi connectivity index (χ0n) is 12.6. The summed E-state index contributed by atoms with van der Waals surface area (Å²) in [7, 11) is 0. The Hall–Kier alpha value is -0.0800. The SMILES string of the molecule is CCC1CCCC(N2CCCNC(C(C)C)C2)C1. The van der Waals surface area contributed by atoms with Crippen LogP contribution < -0.4 is 5.32 Å². The van der Waals surface area contributed by atoms with E-state index in [-0.39, 0.29) is 0 Å². The van der Waals surface area contributed by atoms with Gasteiger partial charge in [0.15, 0.2) is 0 Å². The molecule has 106 valence electrons. The van der Waals surface area contributed by atoms with E-state index in [9.17, 15) is 0 Å². The van der Waals surface area contributed by atoms with Gasteiger partial charge in [-0.05, 0) is 44.2 Å². The molecule has 0 amide bonds. The van der Waals surface area contributed by atoms with Gasteiger partial charge in [0.1, 0.15) is 0 Å². The molecule has 0 spiro atoms. The molecule has 3 unspecified atom stereocenters. The molecule has 0 aromatic heterocycles. The van der Waals surface area contributed by atoms with Crippen LogP contribution in [0.5, 0.6) is 0 Å². The van der Waals surface area contributed by atoms with E-state index >= 15 is 0 Å². The fraction of sp³-hybridized carbons (Fsp3) is 1.00. The van der Waals surface area contributed by atoms with Gasteiger partial charge in [-0.25, -0.2) is 0 Å². The summed E-state index contributed by atoms with van der Waals surface area (Å²) in [5, 5.41) is 3.73. The largest absolute Gasteiger partial charge is 0.312 e. The highest BCUT2D eigenvalue weighted by molar-refractivity contribution is 4.86. The molecule has 2 nitrogen and oxygen atoms in total. The first kappa shape index (κ1) is 14.3. The van der Waals surface area contributed by atoms with Gasteiger partial charge in [-0.15, -0.1) is 0 Å². The fourth-order valence-electron chi connectivity index (χ4n) is 3.72. The van der Waals surface area contributed by atoms with Crippen LogP contribution >= 0.6 is 0 Å². The highest BCUT2D eigenvalue weighted by atomic mass is 15.2. The molecule has 0 aromatic rings. The highest BCUT2D eigenvalue weighted by Crippen LogP contribution is 2.30. The van der Waals surface area contributed by atoms with Gasteiger partial charge >= 0.3 is 0 Å². The van der Waals surface area contributed by atoms with E-state index in [0.29, 0.717) is 6.04 Å². The van der Waals surface area contributed by atoms with E-state index in [1.807, 2.05) is 0 Å². The standard InChI is InChI=1S/C16H32N2/c1-4-14-7-5-8-15(11-14)18-10-6-9-17-16(12-18)13(2)3/h13-17H,4-12H2,1-3H3. The normalized spacial score (nSPS) is 35.7. The molecule has 1 N–H and O–H groups in total. The minimum absolute atomic E-state index is 0.703. The van der Waals surface area contributed by atoms with Gasteiger partial charge in [-0.3, -0.25) is 4.90 Å². The molecule has 0 bridgehead atoms. The maximum Gasteiger partial charge on any atom is 0.0218 e. The van der Waals surface area contributed by atoms with E-state index < -0.39 is 0 Å². The highest BCUT2D eigenvalue weighted by Gasteiger charge is 2.29. The second kappa shape index (κ2) is 6.91. The first-order valence-corrected chi connectivity index (χ1v) is 8.18.